The molecule has 0 amide bonds. The van der Waals surface area contributed by atoms with Gasteiger partial charge in [0.05, 0.1) is 17.8 Å². The molecule has 6 nitrogen and oxygen atoms in total. The van der Waals surface area contributed by atoms with Gasteiger partial charge >= 0.3 is 5.97 Å². The number of nitrogens with one attached hydrogen (secondary N) is 1. The number of hydrogen-bond donors (Lipinski definition) is 2. The Labute approximate surface area is 187 Å². The quantitative estimate of drug-likeness (QED) is 0.654. The lowest BCUT2D eigenvalue weighted by Crippen LogP contribution is -2.51. The maximum absolute atomic E-state index is 14.9. The van der Waals surface area contributed by atoms with Gasteiger partial charge in [-0.15, -0.1) is 0 Å². The Morgan fingerprint density at radius 3 is 2.91 bits per heavy atom. The molecule has 1 aromatic heterocycles. The number of fused-ring (bicyclic) bond motifs is 3. The van der Waals surface area contributed by atoms with E-state index in [4.69, 9.17) is 9.84 Å². The number of H-pyrrole nitrogens is 1. The number of aliphatic carboxylic acids is 1. The molecule has 1 aliphatic heterocycles. The van der Waals surface area contributed by atoms with Gasteiger partial charge in [0.25, 0.3) is 0 Å². The average molecular weight is 440 g/mol. The van der Waals surface area contributed by atoms with Crippen molar-refractivity contribution in [2.75, 3.05) is 13.7 Å². The van der Waals surface area contributed by atoms with Crippen LogP contribution >= 0.6 is 0 Å². The molecule has 4 atom stereocenters. The number of aromatic nitrogens is 2. The SMILES string of the molecule is COC1C=C(/C=C/C(=O)O)C=CC1[C@@H]1c2ccc3[nH]ncc3c2C[C@@H](C)N1CC(C)(C)F. The second-order valence-corrected chi connectivity index (χ2v) is 9.33. The fourth-order valence-electron chi connectivity index (χ4n) is 5.06. The van der Waals surface area contributed by atoms with E-state index in [-0.39, 0.29) is 24.1 Å². The first-order valence-electron chi connectivity index (χ1n) is 10.9. The van der Waals surface area contributed by atoms with Gasteiger partial charge in [-0.05, 0) is 62.1 Å². The van der Waals surface area contributed by atoms with Crippen LogP contribution in [0, 0.1) is 5.92 Å². The highest BCUT2D eigenvalue weighted by atomic mass is 19.1. The number of nitrogens with zero attached hydrogens (tertiary/aromatic N) is 2. The molecule has 2 aromatic rings. The summed E-state index contributed by atoms with van der Waals surface area (Å²) in [5, 5.41) is 17.3. The Balaban J connectivity index is 1.79. The van der Waals surface area contributed by atoms with Crippen LogP contribution in [0.4, 0.5) is 4.39 Å². The number of rotatable bonds is 6. The molecule has 7 heteroatoms. The molecule has 170 valence electrons. The molecule has 0 bridgehead atoms. The van der Waals surface area contributed by atoms with E-state index in [1.54, 1.807) is 27.0 Å². The summed E-state index contributed by atoms with van der Waals surface area (Å²) >= 11 is 0. The maximum Gasteiger partial charge on any atom is 0.328 e. The Morgan fingerprint density at radius 2 is 2.22 bits per heavy atom. The highest BCUT2D eigenvalue weighted by Gasteiger charge is 2.42. The second-order valence-electron chi connectivity index (χ2n) is 9.33. The lowest BCUT2D eigenvalue weighted by Gasteiger charge is -2.48. The first kappa shape index (κ1) is 22.4. The van der Waals surface area contributed by atoms with Crippen molar-refractivity contribution in [1.29, 1.82) is 0 Å². The summed E-state index contributed by atoms with van der Waals surface area (Å²) in [7, 11) is 1.65. The van der Waals surface area contributed by atoms with Crippen molar-refractivity contribution in [3.63, 3.8) is 0 Å². The molecule has 0 spiro atoms. The maximum atomic E-state index is 14.9. The molecule has 4 rings (SSSR count). The van der Waals surface area contributed by atoms with E-state index >= 15 is 0 Å². The van der Waals surface area contributed by atoms with E-state index in [0.29, 0.717) is 6.54 Å². The number of carboxylic acid groups (broad SMARTS) is 1. The lowest BCUT2D eigenvalue weighted by atomic mass is 9.76. The van der Waals surface area contributed by atoms with Crippen molar-refractivity contribution in [2.24, 2.45) is 5.92 Å². The van der Waals surface area contributed by atoms with Crippen LogP contribution in [0.25, 0.3) is 10.9 Å². The summed E-state index contributed by atoms with van der Waals surface area (Å²) < 4.78 is 20.7. The summed E-state index contributed by atoms with van der Waals surface area (Å²) in [5.41, 5.74) is 2.83. The molecule has 2 heterocycles. The van der Waals surface area contributed by atoms with Gasteiger partial charge < -0.3 is 9.84 Å². The monoisotopic (exact) mass is 439 g/mol. The molecule has 2 unspecified atom stereocenters. The van der Waals surface area contributed by atoms with Crippen molar-refractivity contribution < 1.29 is 19.0 Å². The van der Waals surface area contributed by atoms with Crippen molar-refractivity contribution >= 4 is 16.9 Å². The first-order chi connectivity index (χ1) is 15.2. The van der Waals surface area contributed by atoms with Crippen LogP contribution in [0.15, 0.2) is 54.3 Å². The molecular formula is C25H30FN3O3. The van der Waals surface area contributed by atoms with Crippen molar-refractivity contribution in [3.8, 4) is 0 Å². The van der Waals surface area contributed by atoms with Crippen molar-refractivity contribution in [1.82, 2.24) is 15.1 Å². The third-order valence-electron chi connectivity index (χ3n) is 6.37. The minimum absolute atomic E-state index is 0.0600. The van der Waals surface area contributed by atoms with Crippen LogP contribution in [0.1, 0.15) is 37.9 Å². The van der Waals surface area contributed by atoms with E-state index in [1.807, 2.05) is 24.4 Å². The number of allylic oxidation sites excluding steroid dienone is 3. The zero-order valence-corrected chi connectivity index (χ0v) is 18.9. The summed E-state index contributed by atoms with van der Waals surface area (Å²) in [4.78, 5) is 13.2. The fourth-order valence-corrected chi connectivity index (χ4v) is 5.06. The Morgan fingerprint density at radius 1 is 1.44 bits per heavy atom. The van der Waals surface area contributed by atoms with Gasteiger partial charge in [0, 0.05) is 43.1 Å². The van der Waals surface area contributed by atoms with Crippen LogP contribution in [0.3, 0.4) is 0 Å². The van der Waals surface area contributed by atoms with Crippen LogP contribution in [0.2, 0.25) is 0 Å². The summed E-state index contributed by atoms with van der Waals surface area (Å²) in [6.45, 7) is 5.68. The Hall–Kier alpha value is -2.77. The first-order valence-corrected chi connectivity index (χ1v) is 10.9. The molecule has 0 fully saturated rings. The molecule has 0 saturated carbocycles. The van der Waals surface area contributed by atoms with Crippen LogP contribution in [0.5, 0.6) is 0 Å². The van der Waals surface area contributed by atoms with Gasteiger partial charge in [0.1, 0.15) is 5.67 Å². The number of methoxy groups -OCH3 is 1. The second kappa shape index (κ2) is 8.64. The zero-order chi connectivity index (χ0) is 23.0. The van der Waals surface area contributed by atoms with Crippen molar-refractivity contribution in [3.05, 3.63) is 65.4 Å². The molecule has 0 saturated heterocycles. The largest absolute Gasteiger partial charge is 0.478 e. The number of alkyl halides is 1. The normalized spacial score (nSPS) is 26.5. The Kier molecular flexibility index (Phi) is 6.05. The van der Waals surface area contributed by atoms with Crippen LogP contribution < -0.4 is 0 Å². The third kappa shape index (κ3) is 4.40. The van der Waals surface area contributed by atoms with Gasteiger partial charge in [0.15, 0.2) is 0 Å². The van der Waals surface area contributed by atoms with Crippen LogP contribution in [-0.4, -0.2) is 57.6 Å². The molecular weight excluding hydrogens is 409 g/mol. The Bertz CT molecular complexity index is 1100. The number of aromatic amines is 1. The number of ether oxygens (including phenoxy) is 1. The molecule has 2 aliphatic rings. The number of carboxylic acids is 1. The van der Waals surface area contributed by atoms with Gasteiger partial charge in [-0.2, -0.15) is 5.10 Å². The number of halogens is 1. The lowest BCUT2D eigenvalue weighted by molar-refractivity contribution is -0.131. The van der Waals surface area contributed by atoms with Crippen LogP contribution in [-0.2, 0) is 16.0 Å². The predicted octanol–water partition coefficient (Wildman–Crippen LogP) is 4.37. The molecule has 1 aliphatic carbocycles. The molecule has 1 aromatic carbocycles. The third-order valence-corrected chi connectivity index (χ3v) is 6.37. The highest BCUT2D eigenvalue weighted by Crippen LogP contribution is 2.44. The summed E-state index contributed by atoms with van der Waals surface area (Å²) in [6.07, 6.45) is 11.0. The fraction of sp³-hybridized carbons (Fsp3) is 0.440. The summed E-state index contributed by atoms with van der Waals surface area (Å²) in [6, 6.07) is 4.19. The highest BCUT2D eigenvalue weighted by molar-refractivity contribution is 5.83. The molecule has 32 heavy (non-hydrogen) atoms. The smallest absolute Gasteiger partial charge is 0.328 e. The standard InChI is InChI=1S/C25H30FN3O3/c1-15-11-19-17(8-9-21-20(19)13-27-28-21)24(29(15)14-25(2,3)26)18-7-5-16(6-10-23(30)31)12-22(18)32-4/h5-10,12-13,15,18,22,24H,11,14H2,1-4H3,(H,27,28)(H,30,31)/b10-6+/t15-,18?,22?,24+/m1/s1. The topological polar surface area (TPSA) is 78.5 Å². The number of carbonyl (C=O) groups is 1. The van der Waals surface area contributed by atoms with E-state index < -0.39 is 11.6 Å². The minimum Gasteiger partial charge on any atom is -0.478 e. The number of benzene rings is 1. The van der Waals surface area contributed by atoms with Gasteiger partial charge in [-0.25, -0.2) is 9.18 Å². The van der Waals surface area contributed by atoms with Crippen molar-refractivity contribution in [2.45, 2.75) is 51.0 Å². The average Bonchev–Trinajstić information content (AvgIpc) is 3.21. The molecule has 0 radical (unpaired) electrons. The van der Waals surface area contributed by atoms with Gasteiger partial charge in [0.2, 0.25) is 0 Å². The number of hydrogen-bond acceptors (Lipinski definition) is 4. The predicted molar refractivity (Wildman–Crippen MR) is 122 cm³/mol. The van der Waals surface area contributed by atoms with Gasteiger partial charge in [-0.1, -0.05) is 18.2 Å². The molecule has 2 N–H and O–H groups in total. The van der Waals surface area contributed by atoms with E-state index in [9.17, 15) is 9.18 Å². The summed E-state index contributed by atoms with van der Waals surface area (Å²) in [5.74, 6) is -1.05. The van der Waals surface area contributed by atoms with Gasteiger partial charge in [-0.3, -0.25) is 10.00 Å². The minimum atomic E-state index is -1.35. The van der Waals surface area contributed by atoms with E-state index in [2.05, 4.69) is 34.2 Å². The van der Waals surface area contributed by atoms with E-state index in [1.165, 1.54) is 5.56 Å². The zero-order valence-electron chi connectivity index (χ0n) is 18.9. The van der Waals surface area contributed by atoms with E-state index in [0.717, 1.165) is 34.5 Å².